The Labute approximate surface area is 136 Å². The number of aromatic hydroxyl groups is 1. The van der Waals surface area contributed by atoms with Gasteiger partial charge in [-0.2, -0.15) is 0 Å². The summed E-state index contributed by atoms with van der Waals surface area (Å²) in [5, 5.41) is 37.7. The van der Waals surface area contributed by atoms with Gasteiger partial charge in [-0.1, -0.05) is 24.3 Å². The van der Waals surface area contributed by atoms with Gasteiger partial charge in [-0.3, -0.25) is 0 Å². The average molecular weight is 299 g/mol. The zero-order valence-corrected chi connectivity index (χ0v) is 12.3. The van der Waals surface area contributed by atoms with Gasteiger partial charge in [0.05, 0.1) is 11.5 Å². The van der Waals surface area contributed by atoms with Gasteiger partial charge in [0.1, 0.15) is 5.75 Å². The number of benzene rings is 2. The van der Waals surface area contributed by atoms with Crippen molar-refractivity contribution in [1.82, 2.24) is 0 Å². The van der Waals surface area contributed by atoms with Crippen LogP contribution in [-0.2, 0) is 0 Å². The molecule has 0 aliphatic heterocycles. The van der Waals surface area contributed by atoms with Gasteiger partial charge in [-0.25, -0.2) is 4.79 Å². The van der Waals surface area contributed by atoms with Crippen LogP contribution in [0.15, 0.2) is 48.5 Å². The maximum Gasteiger partial charge on any atom is 2.00 e. The van der Waals surface area contributed by atoms with Crippen molar-refractivity contribution in [3.63, 3.8) is 0 Å². The molecule has 0 atom stereocenters. The van der Waals surface area contributed by atoms with Gasteiger partial charge in [-0.05, 0) is 29.8 Å². The topological polar surface area (TPSA) is 121 Å². The van der Waals surface area contributed by atoms with Crippen LogP contribution in [0.1, 0.15) is 20.7 Å². The van der Waals surface area contributed by atoms with Gasteiger partial charge < -0.3 is 25.2 Å². The van der Waals surface area contributed by atoms with E-state index in [0.29, 0.717) is 0 Å². The number of hydrogen-bond acceptors (Lipinski definition) is 5. The molecule has 0 radical (unpaired) electrons. The molecule has 0 saturated carbocycles. The fourth-order valence-corrected chi connectivity index (χ4v) is 1.20. The molecule has 2 N–H and O–H groups in total. The van der Waals surface area contributed by atoms with E-state index in [-0.39, 0.29) is 45.7 Å². The summed E-state index contributed by atoms with van der Waals surface area (Å²) in [5.41, 5.74) is 0.206. The van der Waals surface area contributed by atoms with Gasteiger partial charge in [0.15, 0.2) is 0 Å². The van der Waals surface area contributed by atoms with Crippen molar-refractivity contribution in [3.05, 3.63) is 59.7 Å². The summed E-state index contributed by atoms with van der Waals surface area (Å²) < 4.78 is 0. The number of hydrogen-bond donors (Lipinski definition) is 2. The Morgan fingerprint density at radius 3 is 1.67 bits per heavy atom. The molecule has 0 fully saturated rings. The predicted octanol–water partition coefficient (Wildman–Crippen LogP) is -0.167. The van der Waals surface area contributed by atoms with Crippen molar-refractivity contribution < 1.29 is 30.0 Å². The molecule has 0 spiro atoms. The molecule has 0 aliphatic carbocycles. The molecular weight excluding hydrogens is 288 g/mol. The van der Waals surface area contributed by atoms with Crippen LogP contribution in [-0.4, -0.2) is 45.2 Å². The van der Waals surface area contributed by atoms with Crippen molar-refractivity contribution in [1.29, 1.82) is 0 Å². The average Bonchev–Trinajstić information content (AvgIpc) is 2.40. The first kappa shape index (κ1) is 18.7. The third kappa shape index (κ3) is 6.64. The molecule has 7 heteroatoms. The van der Waals surface area contributed by atoms with Crippen LogP contribution in [0.5, 0.6) is 11.5 Å². The summed E-state index contributed by atoms with van der Waals surface area (Å²) in [4.78, 5) is 20.3. The summed E-state index contributed by atoms with van der Waals surface area (Å²) in [5.74, 6) is -2.38. The quantitative estimate of drug-likeness (QED) is 0.743. The number of carboxylic acids is 2. The van der Waals surface area contributed by atoms with E-state index in [9.17, 15) is 19.8 Å². The molecule has 21 heavy (non-hydrogen) atoms. The van der Waals surface area contributed by atoms with Crippen LogP contribution in [0.3, 0.4) is 0 Å². The summed E-state index contributed by atoms with van der Waals surface area (Å²) >= 11 is 0. The summed E-state index contributed by atoms with van der Waals surface area (Å²) in [6.45, 7) is 0. The minimum Gasteiger partial charge on any atom is -0.872 e. The van der Waals surface area contributed by atoms with E-state index >= 15 is 0 Å². The Morgan fingerprint density at radius 2 is 1.29 bits per heavy atom. The zero-order valence-electron chi connectivity index (χ0n) is 10.9. The summed E-state index contributed by atoms with van der Waals surface area (Å²) in [6.07, 6.45) is 0. The van der Waals surface area contributed by atoms with E-state index in [1.807, 2.05) is 0 Å². The van der Waals surface area contributed by atoms with Gasteiger partial charge in [-0.15, -0.1) is 5.75 Å². The molecule has 0 heterocycles. The zero-order chi connectivity index (χ0) is 15.1. The molecule has 0 aromatic heterocycles. The van der Waals surface area contributed by atoms with Crippen molar-refractivity contribution in [3.8, 4) is 11.5 Å². The van der Waals surface area contributed by atoms with Gasteiger partial charge in [0.25, 0.3) is 0 Å². The molecule has 6 nitrogen and oxygen atoms in total. The largest absolute Gasteiger partial charge is 2.00 e. The minimum atomic E-state index is -1.26. The number of carbonyl (C=O) groups is 2. The maximum atomic E-state index is 10.4. The molecule has 0 bridgehead atoms. The number of rotatable bonds is 2. The Bertz CT molecular complexity index is 536. The summed E-state index contributed by atoms with van der Waals surface area (Å²) in [7, 11) is 0. The molecule has 0 saturated heterocycles. The third-order valence-corrected chi connectivity index (χ3v) is 2.20. The fraction of sp³-hybridized carbons (Fsp3) is 0. The van der Waals surface area contributed by atoms with Crippen LogP contribution in [0.25, 0.3) is 0 Å². The first-order chi connectivity index (χ1) is 9.40. The van der Waals surface area contributed by atoms with E-state index in [1.54, 1.807) is 0 Å². The van der Waals surface area contributed by atoms with Crippen molar-refractivity contribution in [2.45, 2.75) is 0 Å². The molecule has 0 amide bonds. The van der Waals surface area contributed by atoms with Crippen molar-refractivity contribution in [2.75, 3.05) is 0 Å². The Morgan fingerprint density at radius 1 is 0.857 bits per heavy atom. The second kappa shape index (κ2) is 8.83. The molecule has 0 unspecified atom stereocenters. The Balaban J connectivity index is 0.000000364. The number of phenolic OH excluding ortho intramolecular Hbond substituents is 1. The second-order valence-corrected chi connectivity index (χ2v) is 3.66. The summed E-state index contributed by atoms with van der Waals surface area (Å²) in [6, 6.07) is 10.2. The van der Waals surface area contributed by atoms with E-state index in [1.165, 1.54) is 48.5 Å². The van der Waals surface area contributed by atoms with Crippen LogP contribution >= 0.6 is 0 Å². The van der Waals surface area contributed by atoms with Gasteiger partial charge in [0.2, 0.25) is 0 Å². The van der Waals surface area contributed by atoms with E-state index in [4.69, 9.17) is 10.2 Å². The first-order valence-corrected chi connectivity index (χ1v) is 5.41. The minimum absolute atomic E-state index is 0. The number of carboxylic acid groups (broad SMARTS) is 2. The van der Waals surface area contributed by atoms with E-state index in [2.05, 4.69) is 0 Å². The number of phenols is 1. The van der Waals surface area contributed by atoms with Crippen LogP contribution in [0.4, 0.5) is 0 Å². The van der Waals surface area contributed by atoms with E-state index in [0.717, 1.165) is 0 Å². The molecule has 104 valence electrons. The monoisotopic (exact) mass is 298 g/mol. The van der Waals surface area contributed by atoms with Crippen LogP contribution < -0.4 is 10.2 Å². The fourth-order valence-electron chi connectivity index (χ4n) is 1.20. The Hall–Kier alpha value is -2.25. The molecule has 2 aromatic rings. The van der Waals surface area contributed by atoms with Crippen LogP contribution in [0, 0.1) is 0 Å². The Kier molecular flexibility index (Phi) is 7.88. The molecule has 2 aromatic carbocycles. The second-order valence-electron chi connectivity index (χ2n) is 3.66. The molecule has 2 rings (SSSR count). The number of carbonyl (C=O) groups excluding carboxylic acids is 1. The smallest absolute Gasteiger partial charge is 0.872 e. The number of aromatic carboxylic acids is 2. The van der Waals surface area contributed by atoms with Crippen molar-refractivity contribution >= 4 is 35.0 Å². The predicted molar refractivity (Wildman–Crippen MR) is 71.0 cm³/mol. The van der Waals surface area contributed by atoms with E-state index < -0.39 is 11.9 Å². The molecule has 0 aliphatic rings. The first-order valence-electron chi connectivity index (χ1n) is 5.41. The van der Waals surface area contributed by atoms with Crippen LogP contribution in [0.2, 0.25) is 0 Å². The third-order valence-electron chi connectivity index (χ3n) is 2.20. The maximum absolute atomic E-state index is 10.4. The SMILES string of the molecule is O=C(O)c1ccc(O)cc1.O=C([O-])c1ccc([O-])cc1.[Mg+2]. The standard InChI is InChI=1S/2C7H6O3.Mg/c2*8-6-3-1-5(2-4-6)7(9)10;/h2*1-4,8H,(H,9,10);/q;;+2/p-2. The van der Waals surface area contributed by atoms with Crippen molar-refractivity contribution in [2.24, 2.45) is 0 Å². The normalized spacial score (nSPS) is 8.76. The van der Waals surface area contributed by atoms with Gasteiger partial charge in [0, 0.05) is 0 Å². The molecular formula is C14H10MgO6. The van der Waals surface area contributed by atoms with Gasteiger partial charge >= 0.3 is 29.0 Å².